The van der Waals surface area contributed by atoms with Gasteiger partial charge in [-0.25, -0.2) is 0 Å². The van der Waals surface area contributed by atoms with Gasteiger partial charge in [0.1, 0.15) is 6.17 Å². The maximum absolute atomic E-state index is 12.1. The van der Waals surface area contributed by atoms with E-state index < -0.39 is 0 Å². The molecule has 1 aliphatic rings. The van der Waals surface area contributed by atoms with Crippen LogP contribution in [0.25, 0.3) is 0 Å². The van der Waals surface area contributed by atoms with Gasteiger partial charge in [0.2, 0.25) is 5.91 Å². The molecule has 3 N–H and O–H groups in total. The Labute approximate surface area is 122 Å². The zero-order chi connectivity index (χ0) is 14.8. The molecule has 106 valence electrons. The topological polar surface area (TPSA) is 70.2 Å². The van der Waals surface area contributed by atoms with Gasteiger partial charge in [-0.15, -0.1) is 0 Å². The normalized spacial score (nSPS) is 16.4. The first kappa shape index (κ1) is 13.2. The fourth-order valence-corrected chi connectivity index (χ4v) is 2.34. The lowest BCUT2D eigenvalue weighted by Gasteiger charge is -2.28. The fourth-order valence-electron chi connectivity index (χ4n) is 2.34. The zero-order valence-corrected chi connectivity index (χ0v) is 11.5. The highest BCUT2D eigenvalue weighted by Gasteiger charge is 2.23. The van der Waals surface area contributed by atoms with Crippen LogP contribution in [0.5, 0.6) is 0 Å². The van der Waals surface area contributed by atoms with Crippen LogP contribution in [0.1, 0.15) is 29.0 Å². The molecule has 1 heterocycles. The van der Waals surface area contributed by atoms with Gasteiger partial charge in [0, 0.05) is 18.3 Å². The monoisotopic (exact) mass is 281 g/mol. The lowest BCUT2D eigenvalue weighted by Crippen LogP contribution is -2.38. The van der Waals surface area contributed by atoms with Gasteiger partial charge in [0.05, 0.1) is 5.56 Å². The maximum atomic E-state index is 12.1. The molecular formula is C16H15N3O2. The predicted molar refractivity (Wildman–Crippen MR) is 81.0 cm³/mol. The van der Waals surface area contributed by atoms with Crippen molar-refractivity contribution in [3.8, 4) is 0 Å². The van der Waals surface area contributed by atoms with Crippen molar-refractivity contribution in [2.45, 2.75) is 13.1 Å². The Morgan fingerprint density at radius 3 is 2.48 bits per heavy atom. The van der Waals surface area contributed by atoms with Gasteiger partial charge in [-0.3, -0.25) is 9.59 Å². The summed E-state index contributed by atoms with van der Waals surface area (Å²) in [7, 11) is 0. The minimum Gasteiger partial charge on any atom is -0.361 e. The summed E-state index contributed by atoms with van der Waals surface area (Å²) in [5, 5.41) is 8.91. The third-order valence-corrected chi connectivity index (χ3v) is 3.31. The van der Waals surface area contributed by atoms with Crippen molar-refractivity contribution >= 4 is 23.2 Å². The van der Waals surface area contributed by atoms with Gasteiger partial charge in [-0.2, -0.15) is 0 Å². The molecule has 3 rings (SSSR count). The molecule has 0 bridgehead atoms. The second kappa shape index (κ2) is 5.28. The van der Waals surface area contributed by atoms with Gasteiger partial charge >= 0.3 is 0 Å². The molecule has 5 heteroatoms. The van der Waals surface area contributed by atoms with Gasteiger partial charge in [0.15, 0.2) is 0 Å². The van der Waals surface area contributed by atoms with Crippen LogP contribution in [0.4, 0.5) is 11.4 Å². The fraction of sp³-hybridized carbons (Fsp3) is 0.125. The van der Waals surface area contributed by atoms with Crippen molar-refractivity contribution in [1.29, 1.82) is 0 Å². The molecule has 2 aromatic carbocycles. The Balaban J connectivity index is 1.82. The van der Waals surface area contributed by atoms with Crippen LogP contribution in [-0.4, -0.2) is 11.8 Å². The number of benzene rings is 2. The van der Waals surface area contributed by atoms with Gasteiger partial charge in [0.25, 0.3) is 5.91 Å². The third kappa shape index (κ3) is 2.72. The van der Waals surface area contributed by atoms with Crippen LogP contribution in [0.15, 0.2) is 48.5 Å². The van der Waals surface area contributed by atoms with E-state index in [0.717, 1.165) is 16.9 Å². The summed E-state index contributed by atoms with van der Waals surface area (Å²) in [5.74, 6) is -0.207. The number of nitrogens with one attached hydrogen (secondary N) is 3. The standard InChI is InChI=1S/C16H15N3O2/c1-10(20)17-12-8-6-11(7-9-12)15-18-14-5-3-2-4-13(14)16(21)19-15/h2-9,15,18H,1H3,(H,17,20)(H,19,21)/t15-/m1/s1. The molecule has 2 aromatic rings. The molecular weight excluding hydrogens is 266 g/mol. The van der Waals surface area contributed by atoms with Crippen LogP contribution >= 0.6 is 0 Å². The van der Waals surface area contributed by atoms with Gasteiger partial charge in [-0.1, -0.05) is 24.3 Å². The van der Waals surface area contributed by atoms with E-state index in [4.69, 9.17) is 0 Å². The predicted octanol–water partition coefficient (Wildman–Crippen LogP) is 2.50. The highest BCUT2D eigenvalue weighted by Crippen LogP contribution is 2.26. The van der Waals surface area contributed by atoms with Crippen molar-refractivity contribution in [1.82, 2.24) is 5.32 Å². The molecule has 0 unspecified atom stereocenters. The maximum Gasteiger partial charge on any atom is 0.255 e. The van der Waals surface area contributed by atoms with Crippen LogP contribution in [0.3, 0.4) is 0 Å². The first-order valence-electron chi connectivity index (χ1n) is 6.67. The van der Waals surface area contributed by atoms with Crippen LogP contribution in [0.2, 0.25) is 0 Å². The number of amides is 2. The number of para-hydroxylation sites is 1. The molecule has 1 aliphatic heterocycles. The summed E-state index contributed by atoms with van der Waals surface area (Å²) in [6, 6.07) is 14.8. The number of hydrogen-bond acceptors (Lipinski definition) is 3. The molecule has 0 aliphatic carbocycles. The Kier molecular flexibility index (Phi) is 3.31. The van der Waals surface area contributed by atoms with E-state index in [1.807, 2.05) is 42.5 Å². The summed E-state index contributed by atoms with van der Waals surface area (Å²) in [5.41, 5.74) is 3.11. The second-order valence-corrected chi connectivity index (χ2v) is 4.90. The number of carbonyl (C=O) groups is 2. The highest BCUT2D eigenvalue weighted by molar-refractivity contribution is 6.01. The minimum absolute atomic E-state index is 0.0970. The molecule has 0 fully saturated rings. The smallest absolute Gasteiger partial charge is 0.255 e. The van der Waals surface area contributed by atoms with Crippen molar-refractivity contribution < 1.29 is 9.59 Å². The van der Waals surface area contributed by atoms with E-state index in [2.05, 4.69) is 16.0 Å². The molecule has 0 saturated carbocycles. The van der Waals surface area contributed by atoms with Crippen LogP contribution < -0.4 is 16.0 Å². The van der Waals surface area contributed by atoms with Crippen LogP contribution in [-0.2, 0) is 4.79 Å². The molecule has 2 amide bonds. The molecule has 0 aromatic heterocycles. The summed E-state index contributed by atoms with van der Waals surface area (Å²) in [6.45, 7) is 1.47. The molecule has 1 atom stereocenters. The number of anilines is 2. The van der Waals surface area contributed by atoms with Crippen molar-refractivity contribution in [3.05, 3.63) is 59.7 Å². The minimum atomic E-state index is -0.279. The summed E-state index contributed by atoms with van der Waals surface area (Å²) in [4.78, 5) is 23.1. The van der Waals surface area contributed by atoms with E-state index in [9.17, 15) is 9.59 Å². The molecule has 5 nitrogen and oxygen atoms in total. The van der Waals surface area contributed by atoms with E-state index >= 15 is 0 Å². The first-order valence-corrected chi connectivity index (χ1v) is 6.67. The van der Waals surface area contributed by atoms with E-state index in [1.54, 1.807) is 6.07 Å². The summed E-state index contributed by atoms with van der Waals surface area (Å²) < 4.78 is 0. The lowest BCUT2D eigenvalue weighted by molar-refractivity contribution is -0.114. The van der Waals surface area contributed by atoms with Gasteiger partial charge in [-0.05, 0) is 29.8 Å². The molecule has 0 saturated heterocycles. The summed E-state index contributed by atoms with van der Waals surface area (Å²) in [6.07, 6.45) is -0.279. The van der Waals surface area contributed by atoms with E-state index in [-0.39, 0.29) is 18.0 Å². The summed E-state index contributed by atoms with van der Waals surface area (Å²) >= 11 is 0. The van der Waals surface area contributed by atoms with Crippen molar-refractivity contribution in [2.75, 3.05) is 10.6 Å². The SMILES string of the molecule is CC(=O)Nc1ccc([C@H]2NC(=O)c3ccccc3N2)cc1. The second-order valence-electron chi connectivity index (χ2n) is 4.90. The first-order chi connectivity index (χ1) is 10.1. The van der Waals surface area contributed by atoms with E-state index in [0.29, 0.717) is 5.56 Å². The third-order valence-electron chi connectivity index (χ3n) is 3.31. The Bertz CT molecular complexity index is 695. The molecule has 21 heavy (non-hydrogen) atoms. The quantitative estimate of drug-likeness (QED) is 0.792. The van der Waals surface area contributed by atoms with Crippen molar-refractivity contribution in [3.63, 3.8) is 0 Å². The Morgan fingerprint density at radius 1 is 1.05 bits per heavy atom. The highest BCUT2D eigenvalue weighted by atomic mass is 16.2. The average Bonchev–Trinajstić information content (AvgIpc) is 2.47. The number of fused-ring (bicyclic) bond motifs is 1. The Hall–Kier alpha value is -2.82. The number of hydrogen-bond donors (Lipinski definition) is 3. The zero-order valence-electron chi connectivity index (χ0n) is 11.5. The van der Waals surface area contributed by atoms with Gasteiger partial charge < -0.3 is 16.0 Å². The molecule has 0 radical (unpaired) electrons. The lowest BCUT2D eigenvalue weighted by atomic mass is 10.1. The van der Waals surface area contributed by atoms with Crippen molar-refractivity contribution in [2.24, 2.45) is 0 Å². The largest absolute Gasteiger partial charge is 0.361 e. The number of carbonyl (C=O) groups excluding carboxylic acids is 2. The Morgan fingerprint density at radius 2 is 1.76 bits per heavy atom. The van der Waals surface area contributed by atoms with Crippen LogP contribution in [0, 0.1) is 0 Å². The average molecular weight is 281 g/mol. The van der Waals surface area contributed by atoms with E-state index in [1.165, 1.54) is 6.92 Å². The number of rotatable bonds is 2. The molecule has 0 spiro atoms.